The summed E-state index contributed by atoms with van der Waals surface area (Å²) in [5.74, 6) is 7.41. The van der Waals surface area contributed by atoms with Gasteiger partial charge in [0.05, 0.1) is 0 Å². The van der Waals surface area contributed by atoms with Gasteiger partial charge in [-0.3, -0.25) is 0 Å². The molecule has 0 aliphatic carbocycles. The molecule has 0 aliphatic rings. The molecule has 1 nitrogen and oxygen atoms in total. The van der Waals surface area contributed by atoms with Crippen LogP contribution in [0.3, 0.4) is 0 Å². The summed E-state index contributed by atoms with van der Waals surface area (Å²) in [6.07, 6.45) is 2.11. The van der Waals surface area contributed by atoms with Crippen LogP contribution in [0, 0.1) is 17.8 Å². The Morgan fingerprint density at radius 2 is 1.89 bits per heavy atom. The van der Waals surface area contributed by atoms with Gasteiger partial charge in [-0.15, -0.1) is 11.8 Å². The maximum atomic E-state index is 3.45. The van der Waals surface area contributed by atoms with Crippen molar-refractivity contribution in [2.75, 3.05) is 7.05 Å². The quantitative estimate of drug-likeness (QED) is 0.749. The first-order valence-corrected chi connectivity index (χ1v) is 6.86. The van der Waals surface area contributed by atoms with Crippen molar-refractivity contribution in [1.82, 2.24) is 5.32 Å². The van der Waals surface area contributed by atoms with E-state index in [2.05, 4.69) is 61.3 Å². The van der Waals surface area contributed by atoms with E-state index in [1.165, 1.54) is 12.0 Å². The Morgan fingerprint density at radius 1 is 1.22 bits per heavy atom. The van der Waals surface area contributed by atoms with E-state index in [1.807, 2.05) is 14.0 Å². The highest BCUT2D eigenvalue weighted by molar-refractivity contribution is 5.23. The lowest BCUT2D eigenvalue weighted by Crippen LogP contribution is -2.35. The third kappa shape index (κ3) is 3.89. The second-order valence-electron chi connectivity index (χ2n) is 4.85. The maximum absolute atomic E-state index is 3.45. The van der Waals surface area contributed by atoms with Crippen LogP contribution >= 0.6 is 0 Å². The van der Waals surface area contributed by atoms with Crippen molar-refractivity contribution in [2.45, 2.75) is 45.6 Å². The zero-order valence-corrected chi connectivity index (χ0v) is 12.0. The molecule has 0 amide bonds. The van der Waals surface area contributed by atoms with Gasteiger partial charge in [0.2, 0.25) is 0 Å². The fourth-order valence-electron chi connectivity index (χ4n) is 2.51. The van der Waals surface area contributed by atoms with Gasteiger partial charge >= 0.3 is 0 Å². The Kier molecular flexibility index (Phi) is 6.54. The van der Waals surface area contributed by atoms with Gasteiger partial charge in [0, 0.05) is 18.4 Å². The molecular weight excluding hydrogens is 218 g/mol. The molecule has 3 unspecified atom stereocenters. The highest BCUT2D eigenvalue weighted by Crippen LogP contribution is 2.31. The van der Waals surface area contributed by atoms with Crippen LogP contribution in [0.4, 0.5) is 0 Å². The average Bonchev–Trinajstić information content (AvgIpc) is 2.43. The van der Waals surface area contributed by atoms with Crippen molar-refractivity contribution >= 4 is 0 Å². The molecule has 0 bridgehead atoms. The molecule has 0 heterocycles. The SMILES string of the molecule is CC#CCC(NC)C(c1ccccc1)C(C)CC. The summed E-state index contributed by atoms with van der Waals surface area (Å²) in [7, 11) is 2.04. The summed E-state index contributed by atoms with van der Waals surface area (Å²) < 4.78 is 0. The number of likely N-dealkylation sites (N-methyl/N-ethyl adjacent to an activating group) is 1. The van der Waals surface area contributed by atoms with Crippen LogP contribution in [-0.4, -0.2) is 13.1 Å². The van der Waals surface area contributed by atoms with Crippen LogP contribution in [-0.2, 0) is 0 Å². The summed E-state index contributed by atoms with van der Waals surface area (Å²) >= 11 is 0. The van der Waals surface area contributed by atoms with Crippen molar-refractivity contribution in [3.63, 3.8) is 0 Å². The first-order valence-electron chi connectivity index (χ1n) is 6.86. The van der Waals surface area contributed by atoms with Crippen molar-refractivity contribution in [1.29, 1.82) is 0 Å². The van der Waals surface area contributed by atoms with Gasteiger partial charge in [0.25, 0.3) is 0 Å². The number of nitrogens with one attached hydrogen (secondary N) is 1. The largest absolute Gasteiger partial charge is 0.315 e. The van der Waals surface area contributed by atoms with E-state index in [-0.39, 0.29) is 0 Å². The predicted molar refractivity (Wildman–Crippen MR) is 79.6 cm³/mol. The van der Waals surface area contributed by atoms with Gasteiger partial charge in [0.15, 0.2) is 0 Å². The molecule has 1 aromatic carbocycles. The van der Waals surface area contributed by atoms with Crippen molar-refractivity contribution in [3.8, 4) is 11.8 Å². The molecule has 0 spiro atoms. The average molecular weight is 243 g/mol. The maximum Gasteiger partial charge on any atom is 0.0249 e. The van der Waals surface area contributed by atoms with Gasteiger partial charge in [-0.05, 0) is 25.5 Å². The minimum absolute atomic E-state index is 0.426. The Balaban J connectivity index is 2.98. The van der Waals surface area contributed by atoms with Crippen LogP contribution < -0.4 is 5.32 Å². The van der Waals surface area contributed by atoms with Crippen LogP contribution in [0.2, 0.25) is 0 Å². The third-order valence-electron chi connectivity index (χ3n) is 3.74. The Labute approximate surface area is 112 Å². The predicted octanol–water partition coefficient (Wildman–Crippen LogP) is 3.82. The lowest BCUT2D eigenvalue weighted by Gasteiger charge is -2.31. The molecule has 0 saturated carbocycles. The first kappa shape index (κ1) is 14.8. The molecule has 98 valence electrons. The minimum Gasteiger partial charge on any atom is -0.315 e. The highest BCUT2D eigenvalue weighted by atomic mass is 14.9. The van der Waals surface area contributed by atoms with Crippen LogP contribution in [0.15, 0.2) is 30.3 Å². The summed E-state index contributed by atoms with van der Waals surface area (Å²) in [5.41, 5.74) is 1.42. The second-order valence-corrected chi connectivity index (χ2v) is 4.85. The van der Waals surface area contributed by atoms with E-state index in [1.54, 1.807) is 0 Å². The smallest absolute Gasteiger partial charge is 0.0249 e. The molecule has 1 aromatic rings. The van der Waals surface area contributed by atoms with Gasteiger partial charge in [-0.2, -0.15) is 0 Å². The Hall–Kier alpha value is -1.26. The molecule has 18 heavy (non-hydrogen) atoms. The monoisotopic (exact) mass is 243 g/mol. The van der Waals surface area contributed by atoms with Crippen LogP contribution in [0.25, 0.3) is 0 Å². The summed E-state index contributed by atoms with van der Waals surface area (Å²) in [4.78, 5) is 0. The van der Waals surface area contributed by atoms with Crippen LogP contribution in [0.5, 0.6) is 0 Å². The van der Waals surface area contributed by atoms with Gasteiger partial charge < -0.3 is 5.32 Å². The third-order valence-corrected chi connectivity index (χ3v) is 3.74. The number of hydrogen-bond donors (Lipinski definition) is 1. The number of hydrogen-bond acceptors (Lipinski definition) is 1. The van der Waals surface area contributed by atoms with Gasteiger partial charge in [-0.25, -0.2) is 0 Å². The molecule has 3 atom stereocenters. The van der Waals surface area contributed by atoms with E-state index in [4.69, 9.17) is 0 Å². The molecule has 1 N–H and O–H groups in total. The first-order chi connectivity index (χ1) is 8.74. The van der Waals surface area contributed by atoms with E-state index in [0.717, 1.165) is 6.42 Å². The minimum atomic E-state index is 0.426. The van der Waals surface area contributed by atoms with Crippen molar-refractivity contribution in [2.24, 2.45) is 5.92 Å². The van der Waals surface area contributed by atoms with E-state index in [0.29, 0.717) is 17.9 Å². The van der Waals surface area contributed by atoms with E-state index >= 15 is 0 Å². The molecule has 0 fully saturated rings. The standard InChI is InChI=1S/C17H25N/c1-5-7-13-16(18-4)17(14(3)6-2)15-11-9-8-10-12-15/h8-12,14,16-18H,6,13H2,1-4H3. The number of rotatable bonds is 6. The molecule has 0 aromatic heterocycles. The Bertz CT molecular complexity index is 385. The Morgan fingerprint density at radius 3 is 2.39 bits per heavy atom. The highest BCUT2D eigenvalue weighted by Gasteiger charge is 2.25. The lowest BCUT2D eigenvalue weighted by atomic mass is 9.79. The zero-order chi connectivity index (χ0) is 13.4. The molecule has 0 saturated heterocycles. The molecule has 0 aliphatic heterocycles. The van der Waals surface area contributed by atoms with Gasteiger partial charge in [0.1, 0.15) is 0 Å². The summed E-state index contributed by atoms with van der Waals surface area (Å²) in [6, 6.07) is 11.2. The van der Waals surface area contributed by atoms with E-state index < -0.39 is 0 Å². The molecular formula is C17H25N. The summed E-state index contributed by atoms with van der Waals surface area (Å²) in [5, 5.41) is 3.45. The summed E-state index contributed by atoms with van der Waals surface area (Å²) in [6.45, 7) is 6.51. The molecule has 1 heteroatoms. The normalized spacial score (nSPS) is 15.3. The zero-order valence-electron chi connectivity index (χ0n) is 12.0. The molecule has 0 radical (unpaired) electrons. The second kappa shape index (κ2) is 7.95. The fourth-order valence-corrected chi connectivity index (χ4v) is 2.51. The van der Waals surface area contributed by atoms with E-state index in [9.17, 15) is 0 Å². The van der Waals surface area contributed by atoms with Crippen molar-refractivity contribution in [3.05, 3.63) is 35.9 Å². The van der Waals surface area contributed by atoms with Crippen LogP contribution in [0.1, 0.15) is 45.1 Å². The topological polar surface area (TPSA) is 12.0 Å². The lowest BCUT2D eigenvalue weighted by molar-refractivity contribution is 0.351. The van der Waals surface area contributed by atoms with Crippen molar-refractivity contribution < 1.29 is 0 Å². The fraction of sp³-hybridized carbons (Fsp3) is 0.529. The molecule has 1 rings (SSSR count). The number of benzene rings is 1. The van der Waals surface area contributed by atoms with Gasteiger partial charge in [-0.1, -0.05) is 50.6 Å².